The van der Waals surface area contributed by atoms with Crippen molar-refractivity contribution in [3.63, 3.8) is 0 Å². The number of hydrogen-bond donors (Lipinski definition) is 2. The van der Waals surface area contributed by atoms with Gasteiger partial charge < -0.3 is 24.4 Å². The molecular formula is C20H34O9S. The molecule has 0 radical (unpaired) electrons. The molecule has 0 aromatic carbocycles. The number of methoxy groups -OCH3 is 1. The van der Waals surface area contributed by atoms with Crippen LogP contribution in [0.15, 0.2) is 0 Å². The quantitative estimate of drug-likeness (QED) is 0.342. The normalized spacial score (nSPS) is 31.6. The van der Waals surface area contributed by atoms with Crippen molar-refractivity contribution in [2.24, 2.45) is 11.8 Å². The first-order chi connectivity index (χ1) is 14.0. The standard InChI is InChI=1S/C20H34O9S/c1-11(28-13(3)21)6-5-7-17-20(29-17)16-9-14(22)8-15(16)19(24)12(2)30(25,26)10-18(23)27-4/h11-12,14-17,19-20,22,24H,5-10H2,1-4H3/t11-,12?,14?,15?,16?,17?,19?,20?/m0/s1. The lowest BCUT2D eigenvalue weighted by molar-refractivity contribution is -0.145. The lowest BCUT2D eigenvalue weighted by Gasteiger charge is -2.28. The molecule has 10 heteroatoms. The Morgan fingerprint density at radius 1 is 1.23 bits per heavy atom. The van der Waals surface area contributed by atoms with Gasteiger partial charge in [-0.05, 0) is 57.8 Å². The van der Waals surface area contributed by atoms with Gasteiger partial charge in [0.25, 0.3) is 0 Å². The minimum atomic E-state index is -3.89. The predicted molar refractivity (Wildman–Crippen MR) is 107 cm³/mol. The topological polar surface area (TPSA) is 140 Å². The van der Waals surface area contributed by atoms with Crippen molar-refractivity contribution in [3.05, 3.63) is 0 Å². The highest BCUT2D eigenvalue weighted by atomic mass is 32.2. The van der Waals surface area contributed by atoms with E-state index in [9.17, 15) is 28.2 Å². The zero-order valence-corrected chi connectivity index (χ0v) is 18.8. The number of hydrogen-bond acceptors (Lipinski definition) is 9. The number of carbonyl (C=O) groups excluding carboxylic acids is 2. The van der Waals surface area contributed by atoms with Gasteiger partial charge in [0, 0.05) is 6.92 Å². The van der Waals surface area contributed by atoms with E-state index >= 15 is 0 Å². The second-order valence-corrected chi connectivity index (χ2v) is 10.9. The van der Waals surface area contributed by atoms with E-state index in [4.69, 9.17) is 9.47 Å². The van der Waals surface area contributed by atoms with Crippen LogP contribution in [0.25, 0.3) is 0 Å². The lowest BCUT2D eigenvalue weighted by Crippen LogP contribution is -2.42. The fourth-order valence-corrected chi connectivity index (χ4v) is 5.81. The summed E-state index contributed by atoms with van der Waals surface area (Å²) in [6, 6.07) is 0. The monoisotopic (exact) mass is 450 g/mol. The summed E-state index contributed by atoms with van der Waals surface area (Å²) in [5, 5.41) is 19.8. The molecular weight excluding hydrogens is 416 g/mol. The summed E-state index contributed by atoms with van der Waals surface area (Å²) < 4.78 is 40.2. The number of sulfone groups is 1. The van der Waals surface area contributed by atoms with Crippen molar-refractivity contribution < 1.29 is 42.4 Å². The highest BCUT2D eigenvalue weighted by molar-refractivity contribution is 7.92. The molecule has 1 saturated heterocycles. The molecule has 9 nitrogen and oxygen atoms in total. The fraction of sp³-hybridized carbons (Fsp3) is 0.900. The SMILES string of the molecule is COC(=O)CS(=O)(=O)C(C)C(O)C1CC(O)CC1C1OC1CCC[C@H](C)OC(C)=O. The Hall–Kier alpha value is -1.23. The van der Waals surface area contributed by atoms with E-state index in [0.29, 0.717) is 19.3 Å². The molecule has 1 aliphatic heterocycles. The first-order valence-electron chi connectivity index (χ1n) is 10.4. The van der Waals surface area contributed by atoms with E-state index in [0.717, 1.165) is 20.0 Å². The van der Waals surface area contributed by atoms with Crippen LogP contribution in [-0.2, 0) is 33.6 Å². The molecule has 0 aromatic rings. The summed E-state index contributed by atoms with van der Waals surface area (Å²) in [5.41, 5.74) is 0. The second kappa shape index (κ2) is 10.4. The molecule has 30 heavy (non-hydrogen) atoms. The molecule has 2 N–H and O–H groups in total. The number of aliphatic hydroxyl groups is 2. The molecule has 8 atom stereocenters. The third-order valence-corrected chi connectivity index (χ3v) is 8.23. The van der Waals surface area contributed by atoms with Crippen LogP contribution in [0.3, 0.4) is 0 Å². The molecule has 174 valence electrons. The van der Waals surface area contributed by atoms with Crippen LogP contribution in [-0.4, -0.2) is 79.2 Å². The minimum absolute atomic E-state index is 0.0125. The Labute approximate surface area is 178 Å². The van der Waals surface area contributed by atoms with Crippen molar-refractivity contribution in [2.45, 2.75) is 88.6 Å². The molecule has 0 amide bonds. The Morgan fingerprint density at radius 2 is 1.90 bits per heavy atom. The summed E-state index contributed by atoms with van der Waals surface area (Å²) in [6.07, 6.45) is 0.871. The highest BCUT2D eigenvalue weighted by Crippen LogP contribution is 2.47. The zero-order chi connectivity index (χ0) is 22.6. The van der Waals surface area contributed by atoms with Crippen LogP contribution in [0.5, 0.6) is 0 Å². The van der Waals surface area contributed by atoms with Gasteiger partial charge in [0.2, 0.25) is 0 Å². The van der Waals surface area contributed by atoms with Crippen molar-refractivity contribution in [2.75, 3.05) is 12.9 Å². The second-order valence-electron chi connectivity index (χ2n) is 8.52. The van der Waals surface area contributed by atoms with E-state index in [1.807, 2.05) is 6.92 Å². The van der Waals surface area contributed by atoms with Crippen LogP contribution in [0.4, 0.5) is 0 Å². The summed E-state index contributed by atoms with van der Waals surface area (Å²) in [6.45, 7) is 4.59. The van der Waals surface area contributed by atoms with E-state index < -0.39 is 44.9 Å². The van der Waals surface area contributed by atoms with Gasteiger partial charge >= 0.3 is 11.9 Å². The average Bonchev–Trinajstić information content (AvgIpc) is 3.31. The molecule has 1 saturated carbocycles. The molecule has 0 bridgehead atoms. The largest absolute Gasteiger partial charge is 0.468 e. The molecule has 2 fully saturated rings. The van der Waals surface area contributed by atoms with E-state index in [-0.39, 0.29) is 30.2 Å². The number of rotatable bonds is 11. The maximum Gasteiger partial charge on any atom is 0.320 e. The van der Waals surface area contributed by atoms with Gasteiger partial charge in [0.1, 0.15) is 5.75 Å². The number of ether oxygens (including phenoxy) is 3. The van der Waals surface area contributed by atoms with Crippen molar-refractivity contribution in [3.8, 4) is 0 Å². The summed E-state index contributed by atoms with van der Waals surface area (Å²) >= 11 is 0. The van der Waals surface area contributed by atoms with Gasteiger partial charge in [-0.2, -0.15) is 0 Å². The summed E-state index contributed by atoms with van der Waals surface area (Å²) in [4.78, 5) is 22.3. The maximum atomic E-state index is 12.4. The van der Waals surface area contributed by atoms with Gasteiger partial charge in [-0.25, -0.2) is 8.42 Å². The molecule has 7 unspecified atom stereocenters. The lowest BCUT2D eigenvalue weighted by atomic mass is 9.85. The number of carbonyl (C=O) groups is 2. The number of aliphatic hydroxyl groups excluding tert-OH is 2. The highest BCUT2D eigenvalue weighted by Gasteiger charge is 2.53. The minimum Gasteiger partial charge on any atom is -0.468 e. The van der Waals surface area contributed by atoms with Crippen molar-refractivity contribution >= 4 is 21.8 Å². The van der Waals surface area contributed by atoms with Crippen LogP contribution < -0.4 is 0 Å². The molecule has 0 aromatic heterocycles. The first-order valence-corrected chi connectivity index (χ1v) is 12.1. The molecule has 1 heterocycles. The Morgan fingerprint density at radius 3 is 2.50 bits per heavy atom. The Bertz CT molecular complexity index is 707. The average molecular weight is 451 g/mol. The number of esters is 2. The van der Waals surface area contributed by atoms with Crippen LogP contribution >= 0.6 is 0 Å². The Kier molecular flexibility index (Phi) is 8.67. The zero-order valence-electron chi connectivity index (χ0n) is 18.0. The van der Waals surface area contributed by atoms with Gasteiger partial charge in [0.15, 0.2) is 9.84 Å². The molecule has 0 spiro atoms. The molecule has 2 rings (SSSR count). The maximum absolute atomic E-state index is 12.4. The van der Waals surface area contributed by atoms with Crippen molar-refractivity contribution in [1.29, 1.82) is 0 Å². The third-order valence-electron chi connectivity index (χ3n) is 6.18. The fourth-order valence-electron chi connectivity index (χ4n) is 4.47. The number of epoxide rings is 1. The smallest absolute Gasteiger partial charge is 0.320 e. The van der Waals surface area contributed by atoms with E-state index in [1.54, 1.807) is 0 Å². The first kappa shape index (κ1) is 25.0. The van der Waals surface area contributed by atoms with Crippen LogP contribution in [0, 0.1) is 11.8 Å². The third kappa shape index (κ3) is 6.63. The molecule has 1 aliphatic carbocycles. The van der Waals surface area contributed by atoms with Crippen LogP contribution in [0.1, 0.15) is 52.9 Å². The van der Waals surface area contributed by atoms with E-state index in [2.05, 4.69) is 4.74 Å². The van der Waals surface area contributed by atoms with Crippen molar-refractivity contribution in [1.82, 2.24) is 0 Å². The van der Waals surface area contributed by atoms with Gasteiger partial charge in [-0.1, -0.05) is 0 Å². The summed E-state index contributed by atoms with van der Waals surface area (Å²) in [5.74, 6) is -2.55. The van der Waals surface area contributed by atoms with Crippen LogP contribution in [0.2, 0.25) is 0 Å². The van der Waals surface area contributed by atoms with Gasteiger partial charge in [-0.3, -0.25) is 9.59 Å². The molecule has 2 aliphatic rings. The van der Waals surface area contributed by atoms with Gasteiger partial charge in [-0.15, -0.1) is 0 Å². The summed E-state index contributed by atoms with van der Waals surface area (Å²) in [7, 11) is -2.78. The van der Waals surface area contributed by atoms with E-state index in [1.165, 1.54) is 13.8 Å². The van der Waals surface area contributed by atoms with Gasteiger partial charge in [0.05, 0.1) is 42.9 Å². The predicted octanol–water partition coefficient (Wildman–Crippen LogP) is 0.600. The Balaban J connectivity index is 1.91.